The van der Waals surface area contributed by atoms with E-state index in [0.29, 0.717) is 30.8 Å². The van der Waals surface area contributed by atoms with E-state index in [4.69, 9.17) is 9.57 Å². The Morgan fingerprint density at radius 2 is 1.76 bits per heavy atom. The van der Waals surface area contributed by atoms with Crippen molar-refractivity contribution in [2.45, 2.75) is 44.1 Å². The fraction of sp³-hybridized carbons (Fsp3) is 0.588. The summed E-state index contributed by atoms with van der Waals surface area (Å²) in [4.78, 5) is 17.2. The number of benzene rings is 1. The Morgan fingerprint density at radius 3 is 2.28 bits per heavy atom. The van der Waals surface area contributed by atoms with Gasteiger partial charge in [-0.2, -0.15) is 0 Å². The highest BCUT2D eigenvalue weighted by molar-refractivity contribution is 9.10. The molecule has 0 aliphatic carbocycles. The number of nitrogens with zero attached hydrogens (tertiary/aromatic N) is 1. The number of hydroxylamine groups is 2. The van der Waals surface area contributed by atoms with Crippen LogP contribution in [0.15, 0.2) is 33.6 Å². The molecule has 0 atom stereocenters. The first-order chi connectivity index (χ1) is 11.5. The first kappa shape index (κ1) is 20.2. The fourth-order valence-electron chi connectivity index (χ4n) is 2.59. The highest BCUT2D eigenvalue weighted by atomic mass is 79.9. The van der Waals surface area contributed by atoms with Gasteiger partial charge >= 0.3 is 6.16 Å². The zero-order valence-electron chi connectivity index (χ0n) is 14.7. The molecule has 1 aliphatic rings. The van der Waals surface area contributed by atoms with Crippen molar-refractivity contribution >= 4 is 31.9 Å². The number of hydrogen-bond acceptors (Lipinski definition) is 6. The van der Waals surface area contributed by atoms with Crippen LogP contribution >= 0.6 is 15.9 Å². The summed E-state index contributed by atoms with van der Waals surface area (Å²) in [6, 6.07) is 6.68. The highest BCUT2D eigenvalue weighted by Crippen LogP contribution is 2.24. The van der Waals surface area contributed by atoms with Gasteiger partial charge in [-0.25, -0.2) is 13.2 Å². The smallest absolute Gasteiger partial charge is 0.427 e. The quantitative estimate of drug-likeness (QED) is 0.672. The highest BCUT2D eigenvalue weighted by Gasteiger charge is 2.28. The van der Waals surface area contributed by atoms with Gasteiger partial charge in [-0.05, 0) is 63.8 Å². The van der Waals surface area contributed by atoms with Crippen LogP contribution in [0.5, 0.6) is 0 Å². The van der Waals surface area contributed by atoms with E-state index in [0.717, 1.165) is 4.47 Å². The molecule has 1 aliphatic heterocycles. The topological polar surface area (TPSA) is 72.9 Å². The first-order valence-corrected chi connectivity index (χ1v) is 10.6. The van der Waals surface area contributed by atoms with Crippen LogP contribution in [0.3, 0.4) is 0 Å². The van der Waals surface area contributed by atoms with E-state index in [2.05, 4.69) is 15.9 Å². The lowest BCUT2D eigenvalue weighted by molar-refractivity contribution is -0.154. The molecular weight excluding hydrogens is 410 g/mol. The Hall–Kier alpha value is -1.12. The van der Waals surface area contributed by atoms with E-state index in [9.17, 15) is 13.2 Å². The average Bonchev–Trinajstić information content (AvgIpc) is 2.47. The van der Waals surface area contributed by atoms with Crippen molar-refractivity contribution in [3.05, 3.63) is 28.7 Å². The second kappa shape index (κ2) is 8.05. The van der Waals surface area contributed by atoms with E-state index in [1.807, 2.05) is 0 Å². The fourth-order valence-corrected chi connectivity index (χ4v) is 4.55. The Balaban J connectivity index is 1.84. The van der Waals surface area contributed by atoms with Gasteiger partial charge in [0.2, 0.25) is 0 Å². The largest absolute Gasteiger partial charge is 0.528 e. The van der Waals surface area contributed by atoms with Crippen molar-refractivity contribution in [1.82, 2.24) is 5.06 Å². The summed E-state index contributed by atoms with van der Waals surface area (Å²) in [7, 11) is -3.31. The van der Waals surface area contributed by atoms with Gasteiger partial charge in [-0.15, -0.1) is 5.06 Å². The van der Waals surface area contributed by atoms with E-state index >= 15 is 0 Å². The van der Waals surface area contributed by atoms with Crippen molar-refractivity contribution in [2.75, 3.05) is 18.8 Å². The van der Waals surface area contributed by atoms with Crippen molar-refractivity contribution in [3.8, 4) is 0 Å². The van der Waals surface area contributed by atoms with Gasteiger partial charge in [-0.3, -0.25) is 0 Å². The van der Waals surface area contributed by atoms with Crippen LogP contribution in [0, 0.1) is 5.92 Å². The molecule has 1 aromatic rings. The predicted octanol–water partition coefficient (Wildman–Crippen LogP) is 3.80. The number of ether oxygens (including phenoxy) is 1. The van der Waals surface area contributed by atoms with E-state index in [-0.39, 0.29) is 11.7 Å². The van der Waals surface area contributed by atoms with E-state index < -0.39 is 21.6 Å². The lowest BCUT2D eigenvalue weighted by Gasteiger charge is -2.30. The van der Waals surface area contributed by atoms with Gasteiger partial charge in [0.15, 0.2) is 9.84 Å². The summed E-state index contributed by atoms with van der Waals surface area (Å²) in [6.45, 7) is 6.31. The summed E-state index contributed by atoms with van der Waals surface area (Å²) >= 11 is 3.30. The monoisotopic (exact) mass is 433 g/mol. The third-order valence-electron chi connectivity index (χ3n) is 3.79. The van der Waals surface area contributed by atoms with Crippen molar-refractivity contribution in [3.63, 3.8) is 0 Å². The van der Waals surface area contributed by atoms with Gasteiger partial charge in [0.1, 0.15) is 5.60 Å². The minimum Gasteiger partial charge on any atom is -0.427 e. The van der Waals surface area contributed by atoms with Crippen molar-refractivity contribution < 1.29 is 22.8 Å². The Labute approximate surface area is 157 Å². The molecule has 0 unspecified atom stereocenters. The molecule has 0 amide bonds. The molecule has 0 saturated carbocycles. The van der Waals surface area contributed by atoms with Crippen LogP contribution in [0.25, 0.3) is 0 Å². The number of halogens is 1. The van der Waals surface area contributed by atoms with Crippen LogP contribution in [0.1, 0.15) is 33.6 Å². The van der Waals surface area contributed by atoms with Crippen LogP contribution in [0.2, 0.25) is 0 Å². The lowest BCUT2D eigenvalue weighted by atomic mass is 10.0. The lowest BCUT2D eigenvalue weighted by Crippen LogP contribution is -2.38. The maximum atomic E-state index is 12.5. The molecule has 0 bridgehead atoms. The summed E-state index contributed by atoms with van der Waals surface area (Å²) in [5, 5.41) is 1.54. The third kappa shape index (κ3) is 6.60. The van der Waals surface area contributed by atoms with E-state index in [1.165, 1.54) is 5.06 Å². The van der Waals surface area contributed by atoms with Crippen molar-refractivity contribution in [1.29, 1.82) is 0 Å². The van der Waals surface area contributed by atoms with Gasteiger partial charge in [0.25, 0.3) is 0 Å². The summed E-state index contributed by atoms with van der Waals surface area (Å²) < 4.78 is 30.9. The predicted molar refractivity (Wildman–Crippen MR) is 97.8 cm³/mol. The standard InChI is InChI=1S/C17H24BrNO5S/c1-17(2,3)23-16(20)24-19-10-8-13(9-11-19)12-25(21,22)15-6-4-14(18)5-7-15/h4-7,13H,8-12H2,1-3H3. The zero-order valence-corrected chi connectivity index (χ0v) is 17.1. The van der Waals surface area contributed by atoms with Crippen LogP contribution < -0.4 is 0 Å². The molecule has 1 saturated heterocycles. The molecular formula is C17H24BrNO5S. The molecule has 6 nitrogen and oxygen atoms in total. The summed E-state index contributed by atoms with van der Waals surface area (Å²) in [5.41, 5.74) is -0.603. The molecule has 0 N–H and O–H groups in total. The number of carbonyl (C=O) groups is 1. The second-order valence-electron chi connectivity index (χ2n) is 7.16. The van der Waals surface area contributed by atoms with Gasteiger partial charge in [0, 0.05) is 17.6 Å². The number of piperidine rings is 1. The van der Waals surface area contributed by atoms with Gasteiger partial charge < -0.3 is 9.57 Å². The van der Waals surface area contributed by atoms with Crippen LogP contribution in [-0.4, -0.2) is 44.1 Å². The SMILES string of the molecule is CC(C)(C)OC(=O)ON1CCC(CS(=O)(=O)c2ccc(Br)cc2)CC1. The molecule has 1 aromatic carbocycles. The molecule has 140 valence electrons. The molecule has 25 heavy (non-hydrogen) atoms. The molecule has 0 aromatic heterocycles. The number of rotatable bonds is 4. The van der Waals surface area contributed by atoms with Crippen LogP contribution in [-0.2, 0) is 19.4 Å². The third-order valence-corrected chi connectivity index (χ3v) is 6.22. The van der Waals surface area contributed by atoms with Gasteiger partial charge in [0.05, 0.1) is 10.6 Å². The molecule has 1 heterocycles. The van der Waals surface area contributed by atoms with Crippen LogP contribution in [0.4, 0.5) is 4.79 Å². The molecule has 2 rings (SSSR count). The zero-order chi connectivity index (χ0) is 18.7. The number of carbonyl (C=O) groups excluding carboxylic acids is 1. The number of sulfone groups is 1. The Morgan fingerprint density at radius 1 is 1.20 bits per heavy atom. The summed E-state index contributed by atoms with van der Waals surface area (Å²) in [6.07, 6.45) is 0.574. The van der Waals surface area contributed by atoms with Gasteiger partial charge in [-0.1, -0.05) is 15.9 Å². The second-order valence-corrected chi connectivity index (χ2v) is 10.1. The average molecular weight is 434 g/mol. The molecule has 1 fully saturated rings. The Bertz CT molecular complexity index is 689. The maximum Gasteiger partial charge on any atom is 0.528 e. The minimum atomic E-state index is -3.31. The number of hydrogen-bond donors (Lipinski definition) is 0. The van der Waals surface area contributed by atoms with E-state index in [1.54, 1.807) is 45.0 Å². The molecule has 8 heteroatoms. The normalized spacial score (nSPS) is 17.3. The van der Waals surface area contributed by atoms with Crippen molar-refractivity contribution in [2.24, 2.45) is 5.92 Å². The molecule has 0 radical (unpaired) electrons. The maximum absolute atomic E-state index is 12.5. The molecule has 0 spiro atoms. The first-order valence-electron chi connectivity index (χ1n) is 8.19. The summed E-state index contributed by atoms with van der Waals surface area (Å²) in [5.74, 6) is 0.154. The minimum absolute atomic E-state index is 0.0483. The Kier molecular flexibility index (Phi) is 6.51.